The number of hydrogen-bond donors (Lipinski definition) is 2. The highest BCUT2D eigenvalue weighted by molar-refractivity contribution is 6.11. The van der Waals surface area contributed by atoms with Gasteiger partial charge in [0.25, 0.3) is 0 Å². The standard InChI is InChI=1S/C30H20N2O/c1-4-13-26(31-19-16-17-28-25(18-19)21-9-2-5-14-27(21)32-28)20(8-1)23-11-7-12-24-22-10-3-6-15-29(22)33-30(23)24/h1-18,31-32H. The van der Waals surface area contributed by atoms with Gasteiger partial charge in [-0.05, 0) is 36.4 Å². The zero-order valence-electron chi connectivity index (χ0n) is 17.8. The van der Waals surface area contributed by atoms with E-state index in [4.69, 9.17) is 4.42 Å². The maximum atomic E-state index is 6.31. The quantitative estimate of drug-likeness (QED) is 0.298. The van der Waals surface area contributed by atoms with Crippen molar-refractivity contribution in [2.24, 2.45) is 0 Å². The van der Waals surface area contributed by atoms with Gasteiger partial charge in [0.05, 0.1) is 0 Å². The molecule has 0 spiro atoms. The number of fused-ring (bicyclic) bond motifs is 6. The van der Waals surface area contributed by atoms with Gasteiger partial charge in [-0.2, -0.15) is 0 Å². The zero-order valence-corrected chi connectivity index (χ0v) is 17.8. The Morgan fingerprint density at radius 2 is 1.27 bits per heavy atom. The molecular formula is C30H20N2O. The van der Waals surface area contributed by atoms with E-state index < -0.39 is 0 Å². The number of anilines is 2. The third-order valence-corrected chi connectivity index (χ3v) is 6.41. The number of aromatic amines is 1. The molecule has 156 valence electrons. The first-order chi connectivity index (χ1) is 16.3. The van der Waals surface area contributed by atoms with Gasteiger partial charge in [0.2, 0.25) is 0 Å². The van der Waals surface area contributed by atoms with Crippen LogP contribution < -0.4 is 5.32 Å². The molecule has 0 atom stereocenters. The van der Waals surface area contributed by atoms with Gasteiger partial charge in [-0.25, -0.2) is 0 Å². The van der Waals surface area contributed by atoms with E-state index in [0.29, 0.717) is 0 Å². The highest BCUT2D eigenvalue weighted by Crippen LogP contribution is 2.39. The predicted octanol–water partition coefficient (Wildman–Crippen LogP) is 8.63. The van der Waals surface area contributed by atoms with Crippen LogP contribution in [0.4, 0.5) is 11.4 Å². The highest BCUT2D eigenvalue weighted by Gasteiger charge is 2.14. The Bertz CT molecular complexity index is 1810. The van der Waals surface area contributed by atoms with Crippen molar-refractivity contribution in [3.05, 3.63) is 109 Å². The lowest BCUT2D eigenvalue weighted by atomic mass is 10.0. The van der Waals surface area contributed by atoms with Crippen LogP contribution in [-0.4, -0.2) is 4.98 Å². The highest BCUT2D eigenvalue weighted by atomic mass is 16.3. The molecule has 7 aromatic rings. The minimum Gasteiger partial charge on any atom is -0.455 e. The molecule has 0 amide bonds. The summed E-state index contributed by atoms with van der Waals surface area (Å²) in [5.41, 5.74) is 8.42. The molecule has 0 fully saturated rings. The van der Waals surface area contributed by atoms with Crippen LogP contribution in [0.25, 0.3) is 54.9 Å². The Hall–Kier alpha value is -4.50. The van der Waals surface area contributed by atoms with Crippen molar-refractivity contribution in [2.75, 3.05) is 5.32 Å². The lowest BCUT2D eigenvalue weighted by Gasteiger charge is -2.13. The second-order valence-corrected chi connectivity index (χ2v) is 8.38. The molecule has 5 aromatic carbocycles. The summed E-state index contributed by atoms with van der Waals surface area (Å²) in [6, 6.07) is 37.9. The first kappa shape index (κ1) is 18.1. The molecular weight excluding hydrogens is 404 g/mol. The van der Waals surface area contributed by atoms with Crippen molar-refractivity contribution in [3.8, 4) is 11.1 Å². The third kappa shape index (κ3) is 2.83. The van der Waals surface area contributed by atoms with E-state index in [9.17, 15) is 0 Å². The summed E-state index contributed by atoms with van der Waals surface area (Å²) in [4.78, 5) is 3.50. The minimum absolute atomic E-state index is 0.912. The van der Waals surface area contributed by atoms with Gasteiger partial charge in [0.1, 0.15) is 11.2 Å². The molecule has 2 aromatic heterocycles. The molecule has 0 aliphatic rings. The SMILES string of the molecule is c1ccc(-c2cccc3c2oc2ccccc23)c(Nc2ccc3[nH]c4ccccc4c3c2)c1. The number of H-pyrrole nitrogens is 1. The summed E-state index contributed by atoms with van der Waals surface area (Å²) >= 11 is 0. The van der Waals surface area contributed by atoms with Crippen LogP contribution in [0, 0.1) is 0 Å². The van der Waals surface area contributed by atoms with Crippen molar-refractivity contribution in [1.29, 1.82) is 0 Å². The molecule has 0 aliphatic heterocycles. The number of nitrogens with one attached hydrogen (secondary N) is 2. The van der Waals surface area contributed by atoms with E-state index in [2.05, 4.69) is 107 Å². The molecule has 2 heterocycles. The summed E-state index contributed by atoms with van der Waals surface area (Å²) < 4.78 is 6.31. The number of furan rings is 1. The molecule has 0 radical (unpaired) electrons. The van der Waals surface area contributed by atoms with E-state index in [1.807, 2.05) is 12.1 Å². The number of benzene rings is 5. The lowest BCUT2D eigenvalue weighted by molar-refractivity contribution is 0.670. The molecule has 33 heavy (non-hydrogen) atoms. The van der Waals surface area contributed by atoms with Gasteiger partial charge in [0.15, 0.2) is 0 Å². The lowest BCUT2D eigenvalue weighted by Crippen LogP contribution is -1.93. The van der Waals surface area contributed by atoms with Crippen molar-refractivity contribution < 1.29 is 4.42 Å². The topological polar surface area (TPSA) is 41.0 Å². The summed E-state index contributed by atoms with van der Waals surface area (Å²) in [6.45, 7) is 0. The van der Waals surface area contributed by atoms with Gasteiger partial charge in [-0.3, -0.25) is 0 Å². The molecule has 2 N–H and O–H groups in total. The van der Waals surface area contributed by atoms with Gasteiger partial charge in [-0.15, -0.1) is 0 Å². The monoisotopic (exact) mass is 424 g/mol. The summed E-state index contributed by atoms with van der Waals surface area (Å²) in [5, 5.41) is 8.39. The van der Waals surface area contributed by atoms with Crippen LogP contribution in [0.1, 0.15) is 0 Å². The molecule has 0 saturated carbocycles. The largest absolute Gasteiger partial charge is 0.455 e. The van der Waals surface area contributed by atoms with Gasteiger partial charge >= 0.3 is 0 Å². The Morgan fingerprint density at radius 1 is 0.545 bits per heavy atom. The first-order valence-electron chi connectivity index (χ1n) is 11.1. The molecule has 0 aliphatic carbocycles. The van der Waals surface area contributed by atoms with E-state index in [-0.39, 0.29) is 0 Å². The molecule has 0 bridgehead atoms. The summed E-state index contributed by atoms with van der Waals surface area (Å²) in [6.07, 6.45) is 0. The van der Waals surface area contributed by atoms with Crippen molar-refractivity contribution in [1.82, 2.24) is 4.98 Å². The minimum atomic E-state index is 0.912. The second-order valence-electron chi connectivity index (χ2n) is 8.38. The molecule has 7 rings (SSSR count). The van der Waals surface area contributed by atoms with Crippen LogP contribution in [0.15, 0.2) is 114 Å². The summed E-state index contributed by atoms with van der Waals surface area (Å²) in [7, 11) is 0. The van der Waals surface area contributed by atoms with Crippen molar-refractivity contribution in [2.45, 2.75) is 0 Å². The normalized spacial score (nSPS) is 11.6. The maximum Gasteiger partial charge on any atom is 0.143 e. The smallest absolute Gasteiger partial charge is 0.143 e. The molecule has 3 nitrogen and oxygen atoms in total. The maximum absolute atomic E-state index is 6.31. The van der Waals surface area contributed by atoms with Crippen LogP contribution in [0.3, 0.4) is 0 Å². The van der Waals surface area contributed by atoms with Crippen LogP contribution in [0.5, 0.6) is 0 Å². The van der Waals surface area contributed by atoms with Crippen LogP contribution in [0.2, 0.25) is 0 Å². The Morgan fingerprint density at radius 3 is 2.24 bits per heavy atom. The van der Waals surface area contributed by atoms with E-state index in [1.54, 1.807) is 0 Å². The fourth-order valence-electron chi connectivity index (χ4n) is 4.87. The fourth-order valence-corrected chi connectivity index (χ4v) is 4.87. The second kappa shape index (κ2) is 7.01. The Kier molecular flexibility index (Phi) is 3.84. The zero-order chi connectivity index (χ0) is 21.8. The van der Waals surface area contributed by atoms with Gasteiger partial charge < -0.3 is 14.7 Å². The molecule has 0 unspecified atom stereocenters. The average molecular weight is 425 g/mol. The van der Waals surface area contributed by atoms with Gasteiger partial charge in [0, 0.05) is 55.1 Å². The third-order valence-electron chi connectivity index (χ3n) is 6.41. The Labute approximate surface area is 190 Å². The van der Waals surface area contributed by atoms with Crippen LogP contribution in [-0.2, 0) is 0 Å². The van der Waals surface area contributed by atoms with E-state index in [1.165, 1.54) is 10.8 Å². The predicted molar refractivity (Wildman–Crippen MR) is 138 cm³/mol. The first-order valence-corrected chi connectivity index (χ1v) is 11.1. The summed E-state index contributed by atoms with van der Waals surface area (Å²) in [5.74, 6) is 0. The van der Waals surface area contributed by atoms with Crippen molar-refractivity contribution in [3.63, 3.8) is 0 Å². The van der Waals surface area contributed by atoms with Gasteiger partial charge in [-0.1, -0.05) is 72.8 Å². The molecule has 0 saturated heterocycles. The van der Waals surface area contributed by atoms with E-state index in [0.717, 1.165) is 55.5 Å². The number of para-hydroxylation sites is 4. The fraction of sp³-hybridized carbons (Fsp3) is 0. The Balaban J connectivity index is 1.37. The average Bonchev–Trinajstić information content (AvgIpc) is 3.43. The number of aromatic nitrogens is 1. The number of rotatable bonds is 3. The van der Waals surface area contributed by atoms with Crippen molar-refractivity contribution >= 4 is 55.1 Å². The number of hydrogen-bond acceptors (Lipinski definition) is 2. The van der Waals surface area contributed by atoms with E-state index >= 15 is 0 Å². The van der Waals surface area contributed by atoms with Crippen LogP contribution >= 0.6 is 0 Å². The molecule has 3 heteroatoms.